The Hall–Kier alpha value is -1.94. The van der Waals surface area contributed by atoms with E-state index in [0.29, 0.717) is 0 Å². The number of benzene rings is 2. The Morgan fingerprint density at radius 3 is 2.61 bits per heavy atom. The average Bonchev–Trinajstić information content (AvgIpc) is 2.68. The number of nitrogens with zero attached hydrogens (tertiary/aromatic N) is 2. The van der Waals surface area contributed by atoms with Gasteiger partial charge in [0.1, 0.15) is 5.03 Å². The first-order valence-electron chi connectivity index (χ1n) is 5.68. The topological polar surface area (TPSA) is 43.8 Å². The molecular weight excluding hydrogens is 242 g/mol. The molecule has 0 atom stereocenters. The van der Waals surface area contributed by atoms with E-state index in [4.69, 9.17) is 5.73 Å². The van der Waals surface area contributed by atoms with Crippen molar-refractivity contribution in [2.75, 3.05) is 5.73 Å². The van der Waals surface area contributed by atoms with Crippen LogP contribution in [-0.4, -0.2) is 9.78 Å². The molecule has 1 heterocycles. The molecule has 90 valence electrons. The van der Waals surface area contributed by atoms with Crippen LogP contribution in [0.5, 0.6) is 0 Å². The zero-order valence-corrected chi connectivity index (χ0v) is 10.8. The van der Waals surface area contributed by atoms with E-state index in [1.54, 1.807) is 16.4 Å². The molecule has 0 saturated carbocycles. The standard InChI is InChI=1S/C14H13N3S/c1-17-9-13(15)14(16-17)18-12-7-6-10-4-2-3-5-11(10)8-12/h2-9H,15H2,1H3. The molecule has 0 aliphatic heterocycles. The Morgan fingerprint density at radius 2 is 1.89 bits per heavy atom. The fourth-order valence-electron chi connectivity index (χ4n) is 1.91. The molecule has 0 saturated heterocycles. The number of hydrogen-bond acceptors (Lipinski definition) is 3. The van der Waals surface area contributed by atoms with Crippen molar-refractivity contribution < 1.29 is 0 Å². The van der Waals surface area contributed by atoms with E-state index in [1.165, 1.54) is 10.8 Å². The second-order valence-corrected chi connectivity index (χ2v) is 5.24. The van der Waals surface area contributed by atoms with Gasteiger partial charge >= 0.3 is 0 Å². The number of fused-ring (bicyclic) bond motifs is 1. The maximum absolute atomic E-state index is 5.90. The molecule has 0 fully saturated rings. The van der Waals surface area contributed by atoms with Crippen LogP contribution in [0, 0.1) is 0 Å². The summed E-state index contributed by atoms with van der Waals surface area (Å²) in [6, 6.07) is 14.7. The van der Waals surface area contributed by atoms with Gasteiger partial charge in [0.15, 0.2) is 0 Å². The molecule has 0 aliphatic carbocycles. The molecule has 0 spiro atoms. The molecule has 0 unspecified atom stereocenters. The lowest BCUT2D eigenvalue weighted by Crippen LogP contribution is -1.86. The summed E-state index contributed by atoms with van der Waals surface area (Å²) >= 11 is 1.59. The zero-order chi connectivity index (χ0) is 12.5. The van der Waals surface area contributed by atoms with Gasteiger partial charge in [-0.1, -0.05) is 42.1 Å². The molecule has 0 aliphatic rings. The van der Waals surface area contributed by atoms with Crippen LogP contribution in [0.3, 0.4) is 0 Å². The second-order valence-electron chi connectivity index (χ2n) is 4.17. The molecular formula is C14H13N3S. The van der Waals surface area contributed by atoms with Crippen molar-refractivity contribution in [1.29, 1.82) is 0 Å². The highest BCUT2D eigenvalue weighted by Crippen LogP contribution is 2.32. The number of nitrogen functional groups attached to an aromatic ring is 1. The molecule has 3 rings (SSSR count). The van der Waals surface area contributed by atoms with Crippen LogP contribution in [-0.2, 0) is 7.05 Å². The molecule has 2 N–H and O–H groups in total. The highest BCUT2D eigenvalue weighted by atomic mass is 32.2. The summed E-state index contributed by atoms with van der Waals surface area (Å²) in [5, 5.41) is 7.67. The fourth-order valence-corrected chi connectivity index (χ4v) is 2.79. The first kappa shape index (κ1) is 11.2. The summed E-state index contributed by atoms with van der Waals surface area (Å²) in [6.45, 7) is 0. The monoisotopic (exact) mass is 255 g/mol. The third-order valence-electron chi connectivity index (χ3n) is 2.76. The molecule has 2 aromatic carbocycles. The minimum Gasteiger partial charge on any atom is -0.395 e. The van der Waals surface area contributed by atoms with E-state index in [0.717, 1.165) is 15.6 Å². The summed E-state index contributed by atoms with van der Waals surface area (Å²) in [4.78, 5) is 1.15. The smallest absolute Gasteiger partial charge is 0.146 e. The fraction of sp³-hybridized carbons (Fsp3) is 0.0714. The zero-order valence-electron chi connectivity index (χ0n) is 10.00. The molecule has 18 heavy (non-hydrogen) atoms. The summed E-state index contributed by atoms with van der Waals surface area (Å²) < 4.78 is 1.73. The lowest BCUT2D eigenvalue weighted by molar-refractivity contribution is 0.738. The van der Waals surface area contributed by atoms with Crippen LogP contribution in [0.1, 0.15) is 0 Å². The predicted octanol–water partition coefficient (Wildman–Crippen LogP) is 3.31. The number of anilines is 1. The highest BCUT2D eigenvalue weighted by molar-refractivity contribution is 7.99. The maximum atomic E-state index is 5.90. The van der Waals surface area contributed by atoms with Crippen LogP contribution in [0.2, 0.25) is 0 Å². The quantitative estimate of drug-likeness (QED) is 0.764. The average molecular weight is 255 g/mol. The van der Waals surface area contributed by atoms with Gasteiger partial charge in [-0.15, -0.1) is 0 Å². The van der Waals surface area contributed by atoms with Crippen LogP contribution in [0.4, 0.5) is 5.69 Å². The molecule has 1 aromatic heterocycles. The summed E-state index contributed by atoms with van der Waals surface area (Å²) in [6.07, 6.45) is 1.82. The normalized spacial score (nSPS) is 10.9. The third kappa shape index (κ3) is 2.07. The van der Waals surface area contributed by atoms with Crippen molar-refractivity contribution in [3.8, 4) is 0 Å². The molecule has 3 aromatic rings. The van der Waals surface area contributed by atoms with Crippen molar-refractivity contribution in [1.82, 2.24) is 9.78 Å². The predicted molar refractivity (Wildman–Crippen MR) is 75.7 cm³/mol. The van der Waals surface area contributed by atoms with E-state index in [2.05, 4.69) is 35.4 Å². The Balaban J connectivity index is 1.97. The first-order chi connectivity index (χ1) is 8.72. The third-order valence-corrected chi connectivity index (χ3v) is 3.76. The summed E-state index contributed by atoms with van der Waals surface area (Å²) in [7, 11) is 1.88. The van der Waals surface area contributed by atoms with E-state index >= 15 is 0 Å². The minimum absolute atomic E-state index is 0.718. The number of rotatable bonds is 2. The Bertz CT molecular complexity index is 703. The van der Waals surface area contributed by atoms with E-state index in [1.807, 2.05) is 25.4 Å². The van der Waals surface area contributed by atoms with Crippen LogP contribution in [0.15, 0.2) is 58.6 Å². The Morgan fingerprint density at radius 1 is 1.11 bits per heavy atom. The van der Waals surface area contributed by atoms with Gasteiger partial charge in [0.25, 0.3) is 0 Å². The SMILES string of the molecule is Cn1cc(N)c(Sc2ccc3ccccc3c2)n1. The number of aromatic nitrogens is 2. The highest BCUT2D eigenvalue weighted by Gasteiger charge is 2.06. The Kier molecular flexibility index (Phi) is 2.72. The van der Waals surface area contributed by atoms with E-state index in [-0.39, 0.29) is 0 Å². The van der Waals surface area contributed by atoms with Gasteiger partial charge in [0, 0.05) is 18.1 Å². The minimum atomic E-state index is 0.718. The van der Waals surface area contributed by atoms with Gasteiger partial charge in [0.2, 0.25) is 0 Å². The lowest BCUT2D eigenvalue weighted by Gasteiger charge is -2.02. The maximum Gasteiger partial charge on any atom is 0.146 e. The van der Waals surface area contributed by atoms with E-state index in [9.17, 15) is 0 Å². The van der Waals surface area contributed by atoms with Crippen molar-refractivity contribution in [2.24, 2.45) is 7.05 Å². The van der Waals surface area contributed by atoms with Crippen LogP contribution < -0.4 is 5.73 Å². The Labute approximate surface area is 110 Å². The summed E-state index contributed by atoms with van der Waals surface area (Å²) in [5.74, 6) is 0. The largest absolute Gasteiger partial charge is 0.395 e. The van der Waals surface area contributed by atoms with Gasteiger partial charge in [-0.2, -0.15) is 5.10 Å². The van der Waals surface area contributed by atoms with Gasteiger partial charge in [-0.05, 0) is 22.9 Å². The van der Waals surface area contributed by atoms with Gasteiger partial charge in [-0.25, -0.2) is 0 Å². The molecule has 0 radical (unpaired) electrons. The van der Waals surface area contributed by atoms with Crippen molar-refractivity contribution >= 4 is 28.2 Å². The van der Waals surface area contributed by atoms with Gasteiger partial charge < -0.3 is 5.73 Å². The van der Waals surface area contributed by atoms with Crippen LogP contribution in [0.25, 0.3) is 10.8 Å². The van der Waals surface area contributed by atoms with Crippen molar-refractivity contribution in [2.45, 2.75) is 9.92 Å². The summed E-state index contributed by atoms with van der Waals surface area (Å²) in [5.41, 5.74) is 6.62. The lowest BCUT2D eigenvalue weighted by atomic mass is 10.1. The molecule has 0 bridgehead atoms. The number of aryl methyl sites for hydroxylation is 1. The molecule has 3 nitrogen and oxygen atoms in total. The van der Waals surface area contributed by atoms with Crippen molar-refractivity contribution in [3.05, 3.63) is 48.7 Å². The number of hydrogen-bond donors (Lipinski definition) is 1. The molecule has 0 amide bonds. The van der Waals surface area contributed by atoms with E-state index < -0.39 is 0 Å². The first-order valence-corrected chi connectivity index (χ1v) is 6.50. The van der Waals surface area contributed by atoms with Crippen LogP contribution >= 0.6 is 11.8 Å². The van der Waals surface area contributed by atoms with Gasteiger partial charge in [0.05, 0.1) is 5.69 Å². The second kappa shape index (κ2) is 4.38. The number of nitrogens with two attached hydrogens (primary N) is 1. The van der Waals surface area contributed by atoms with Gasteiger partial charge in [-0.3, -0.25) is 4.68 Å². The van der Waals surface area contributed by atoms with Crippen molar-refractivity contribution in [3.63, 3.8) is 0 Å². The molecule has 4 heteroatoms.